The third-order valence-electron chi connectivity index (χ3n) is 2.30. The second-order valence-electron chi connectivity index (χ2n) is 3.80. The van der Waals surface area contributed by atoms with Crippen molar-refractivity contribution in [2.75, 3.05) is 13.7 Å². The molecule has 0 saturated heterocycles. The molecule has 1 aromatic carbocycles. The molecule has 98 valence electrons. The average Bonchev–Trinajstić information content (AvgIpc) is 2.31. The van der Waals surface area contributed by atoms with Gasteiger partial charge in [-0.1, -0.05) is 11.6 Å². The van der Waals surface area contributed by atoms with Gasteiger partial charge in [0.05, 0.1) is 12.2 Å². The molecule has 0 saturated carbocycles. The Morgan fingerprint density at radius 2 is 2.17 bits per heavy atom. The van der Waals surface area contributed by atoms with E-state index in [0.29, 0.717) is 10.0 Å². The number of hydrogen-bond donors (Lipinski definition) is 2. The van der Waals surface area contributed by atoms with Gasteiger partial charge in [-0.05, 0) is 35.0 Å². The van der Waals surface area contributed by atoms with Gasteiger partial charge in [0.1, 0.15) is 0 Å². The van der Waals surface area contributed by atoms with Gasteiger partial charge < -0.3 is 15.2 Å². The fraction of sp³-hybridized carbons (Fsp3) is 0.333. The maximum atomic E-state index is 11.9. The van der Waals surface area contributed by atoms with Gasteiger partial charge in [0.25, 0.3) is 5.91 Å². The second-order valence-corrected chi connectivity index (χ2v) is 4.66. The van der Waals surface area contributed by atoms with Crippen LogP contribution in [0, 0.1) is 6.92 Å². The number of carboxylic acids is 1. The van der Waals surface area contributed by atoms with Gasteiger partial charge >= 0.3 is 5.97 Å². The Bertz CT molecular complexity index is 461. The molecule has 0 heterocycles. The van der Waals surface area contributed by atoms with Gasteiger partial charge in [0, 0.05) is 11.6 Å². The van der Waals surface area contributed by atoms with Crippen LogP contribution < -0.4 is 5.32 Å². The fourth-order valence-corrected chi connectivity index (χ4v) is 1.82. The zero-order chi connectivity index (χ0) is 13.7. The molecule has 1 aromatic rings. The second kappa shape index (κ2) is 6.51. The Kier molecular flexibility index (Phi) is 5.30. The van der Waals surface area contributed by atoms with Gasteiger partial charge in [0.2, 0.25) is 0 Å². The first-order chi connectivity index (χ1) is 8.45. The SMILES string of the molecule is COCC(NC(=O)c1cc(C)ccc1Br)C(=O)O. The number of ether oxygens (including phenoxy) is 1. The van der Waals surface area contributed by atoms with Crippen LogP contribution in [0.3, 0.4) is 0 Å². The summed E-state index contributed by atoms with van der Waals surface area (Å²) in [5.41, 5.74) is 1.32. The van der Waals surface area contributed by atoms with Crippen LogP contribution in [0.4, 0.5) is 0 Å². The number of aliphatic carboxylic acids is 1. The van der Waals surface area contributed by atoms with Gasteiger partial charge in [-0.25, -0.2) is 4.79 Å². The first-order valence-corrected chi connectivity index (χ1v) is 6.03. The predicted molar refractivity (Wildman–Crippen MR) is 69.6 cm³/mol. The molecule has 2 N–H and O–H groups in total. The van der Waals surface area contributed by atoms with Crippen LogP contribution >= 0.6 is 15.9 Å². The minimum Gasteiger partial charge on any atom is -0.480 e. The number of carbonyl (C=O) groups excluding carboxylic acids is 1. The number of rotatable bonds is 5. The smallest absolute Gasteiger partial charge is 0.328 e. The summed E-state index contributed by atoms with van der Waals surface area (Å²) in [4.78, 5) is 22.8. The predicted octanol–water partition coefficient (Wildman–Crippen LogP) is 1.59. The van der Waals surface area contributed by atoms with Crippen LogP contribution in [0.25, 0.3) is 0 Å². The van der Waals surface area contributed by atoms with Crippen LogP contribution in [0.5, 0.6) is 0 Å². The van der Waals surface area contributed by atoms with Gasteiger partial charge in [0.15, 0.2) is 6.04 Å². The van der Waals surface area contributed by atoms with Crippen LogP contribution in [0.1, 0.15) is 15.9 Å². The van der Waals surface area contributed by atoms with Crippen LogP contribution in [0.2, 0.25) is 0 Å². The number of carbonyl (C=O) groups is 2. The Labute approximate surface area is 113 Å². The van der Waals surface area contributed by atoms with Crippen molar-refractivity contribution < 1.29 is 19.4 Å². The molecule has 0 aliphatic heterocycles. The Balaban J connectivity index is 2.86. The van der Waals surface area contributed by atoms with Crippen molar-refractivity contribution in [2.45, 2.75) is 13.0 Å². The van der Waals surface area contributed by atoms with Crippen molar-refractivity contribution in [1.82, 2.24) is 5.32 Å². The topological polar surface area (TPSA) is 75.6 Å². The first kappa shape index (κ1) is 14.7. The van der Waals surface area contributed by atoms with E-state index in [1.807, 2.05) is 13.0 Å². The number of methoxy groups -OCH3 is 1. The molecular formula is C12H14BrNO4. The van der Waals surface area contributed by atoms with E-state index in [4.69, 9.17) is 9.84 Å². The molecule has 0 aliphatic rings. The minimum atomic E-state index is -1.13. The highest BCUT2D eigenvalue weighted by atomic mass is 79.9. The van der Waals surface area contributed by atoms with E-state index in [0.717, 1.165) is 5.56 Å². The molecule has 0 spiro atoms. The van der Waals surface area contributed by atoms with E-state index in [1.54, 1.807) is 12.1 Å². The highest BCUT2D eigenvalue weighted by molar-refractivity contribution is 9.10. The number of hydrogen-bond acceptors (Lipinski definition) is 3. The summed E-state index contributed by atoms with van der Waals surface area (Å²) in [6, 6.07) is 4.22. The molecule has 0 fully saturated rings. The molecule has 0 bridgehead atoms. The summed E-state index contributed by atoms with van der Waals surface area (Å²) in [5, 5.41) is 11.3. The molecule has 1 unspecified atom stereocenters. The first-order valence-electron chi connectivity index (χ1n) is 5.24. The highest BCUT2D eigenvalue weighted by Gasteiger charge is 2.21. The van der Waals surface area contributed by atoms with Gasteiger partial charge in [-0.15, -0.1) is 0 Å². The van der Waals surface area contributed by atoms with Crippen molar-refractivity contribution in [3.63, 3.8) is 0 Å². The number of benzene rings is 1. The zero-order valence-electron chi connectivity index (χ0n) is 10.1. The van der Waals surface area contributed by atoms with Gasteiger partial charge in [-0.2, -0.15) is 0 Å². The number of halogens is 1. The molecule has 1 atom stereocenters. The number of amides is 1. The molecule has 1 rings (SSSR count). The lowest BCUT2D eigenvalue weighted by Crippen LogP contribution is -2.43. The lowest BCUT2D eigenvalue weighted by molar-refractivity contribution is -0.140. The fourth-order valence-electron chi connectivity index (χ4n) is 1.39. The molecule has 18 heavy (non-hydrogen) atoms. The molecule has 5 nitrogen and oxygen atoms in total. The van der Waals surface area contributed by atoms with Crippen LogP contribution in [-0.4, -0.2) is 36.7 Å². The van der Waals surface area contributed by atoms with Gasteiger partial charge in [-0.3, -0.25) is 4.79 Å². The van der Waals surface area contributed by atoms with Crippen molar-refractivity contribution >= 4 is 27.8 Å². The lowest BCUT2D eigenvalue weighted by Gasteiger charge is -2.14. The van der Waals surface area contributed by atoms with Crippen molar-refractivity contribution in [3.8, 4) is 0 Å². The Hall–Kier alpha value is -1.40. The van der Waals surface area contributed by atoms with E-state index in [1.165, 1.54) is 7.11 Å². The molecule has 0 aliphatic carbocycles. The average molecular weight is 316 g/mol. The Morgan fingerprint density at radius 3 is 2.72 bits per heavy atom. The van der Waals surface area contributed by atoms with Crippen molar-refractivity contribution in [1.29, 1.82) is 0 Å². The van der Waals surface area contributed by atoms with E-state index in [2.05, 4.69) is 21.2 Å². The summed E-state index contributed by atoms with van der Waals surface area (Å²) in [5.74, 6) is -1.58. The number of carboxylic acid groups (broad SMARTS) is 1. The summed E-state index contributed by atoms with van der Waals surface area (Å²) in [6.07, 6.45) is 0. The molecule has 1 amide bonds. The summed E-state index contributed by atoms with van der Waals surface area (Å²) in [7, 11) is 1.38. The third kappa shape index (κ3) is 3.82. The number of nitrogens with one attached hydrogen (secondary N) is 1. The minimum absolute atomic E-state index is 0.0789. The van der Waals surface area contributed by atoms with Crippen molar-refractivity contribution in [3.05, 3.63) is 33.8 Å². The maximum absolute atomic E-state index is 11.9. The van der Waals surface area contributed by atoms with E-state index in [-0.39, 0.29) is 6.61 Å². The van der Waals surface area contributed by atoms with Crippen LogP contribution in [0.15, 0.2) is 22.7 Å². The van der Waals surface area contributed by atoms with Crippen LogP contribution in [-0.2, 0) is 9.53 Å². The number of aryl methyl sites for hydroxylation is 1. The van der Waals surface area contributed by atoms with E-state index >= 15 is 0 Å². The monoisotopic (exact) mass is 315 g/mol. The summed E-state index contributed by atoms with van der Waals surface area (Å²) in [6.45, 7) is 1.78. The van der Waals surface area contributed by atoms with Crippen molar-refractivity contribution in [2.24, 2.45) is 0 Å². The van der Waals surface area contributed by atoms with E-state index < -0.39 is 17.9 Å². The maximum Gasteiger partial charge on any atom is 0.328 e. The Morgan fingerprint density at radius 1 is 1.50 bits per heavy atom. The molecule has 0 radical (unpaired) electrons. The lowest BCUT2D eigenvalue weighted by atomic mass is 10.1. The summed E-state index contributed by atoms with van der Waals surface area (Å²) >= 11 is 3.26. The molecular weight excluding hydrogens is 302 g/mol. The quantitative estimate of drug-likeness (QED) is 0.865. The normalized spacial score (nSPS) is 11.9. The molecule has 6 heteroatoms. The standard InChI is InChI=1S/C12H14BrNO4/c1-7-3-4-9(13)8(5-7)11(15)14-10(6-18-2)12(16)17/h3-5,10H,6H2,1-2H3,(H,14,15)(H,16,17). The largest absolute Gasteiger partial charge is 0.480 e. The van der Waals surface area contributed by atoms with E-state index in [9.17, 15) is 9.59 Å². The highest BCUT2D eigenvalue weighted by Crippen LogP contribution is 2.18. The zero-order valence-corrected chi connectivity index (χ0v) is 11.7. The molecule has 0 aromatic heterocycles. The summed E-state index contributed by atoms with van der Waals surface area (Å²) < 4.78 is 5.37. The third-order valence-corrected chi connectivity index (χ3v) is 2.99.